The van der Waals surface area contributed by atoms with Gasteiger partial charge in [-0.25, -0.2) is 4.98 Å². The normalized spacial score (nSPS) is 23.6. The molecule has 3 heteroatoms. The fourth-order valence-electron chi connectivity index (χ4n) is 2.95. The van der Waals surface area contributed by atoms with E-state index in [0.29, 0.717) is 5.92 Å². The Morgan fingerprint density at radius 3 is 2.29 bits per heavy atom. The largest absolute Gasteiger partial charge is 0.370 e. The number of aromatic nitrogens is 1. The van der Waals surface area contributed by atoms with E-state index in [4.69, 9.17) is 4.74 Å². The number of halogens is 1. The van der Waals surface area contributed by atoms with E-state index in [1.807, 2.05) is 6.07 Å². The van der Waals surface area contributed by atoms with Crippen LogP contribution in [-0.4, -0.2) is 16.2 Å². The number of hydrogen-bond donors (Lipinski definition) is 0. The highest BCUT2D eigenvalue weighted by molar-refractivity contribution is 9.10. The van der Waals surface area contributed by atoms with Crippen molar-refractivity contribution >= 4 is 15.9 Å². The standard InChI is InChI=1S/C14H20BrNO/c1-13(2)8-10(9-14(3,4)17-13)11-6-5-7-12(15)16-11/h5-7,10H,8-9H2,1-4H3. The van der Waals surface area contributed by atoms with Crippen LogP contribution in [0.15, 0.2) is 22.8 Å². The molecule has 17 heavy (non-hydrogen) atoms. The molecule has 0 radical (unpaired) electrons. The summed E-state index contributed by atoms with van der Waals surface area (Å²) in [5.74, 6) is 0.478. The Morgan fingerprint density at radius 1 is 1.18 bits per heavy atom. The van der Waals surface area contributed by atoms with Crippen LogP contribution in [-0.2, 0) is 4.74 Å². The maximum Gasteiger partial charge on any atom is 0.106 e. The molecule has 0 atom stereocenters. The molecule has 0 bridgehead atoms. The Kier molecular flexibility index (Phi) is 3.34. The van der Waals surface area contributed by atoms with Gasteiger partial charge in [-0.2, -0.15) is 0 Å². The molecule has 0 unspecified atom stereocenters. The van der Waals surface area contributed by atoms with Gasteiger partial charge in [0.15, 0.2) is 0 Å². The predicted molar refractivity (Wildman–Crippen MR) is 73.2 cm³/mol. The van der Waals surface area contributed by atoms with Gasteiger partial charge in [0.2, 0.25) is 0 Å². The Hall–Kier alpha value is -0.410. The fraction of sp³-hybridized carbons (Fsp3) is 0.643. The summed E-state index contributed by atoms with van der Waals surface area (Å²) in [6.07, 6.45) is 2.06. The van der Waals surface area contributed by atoms with Crippen LogP contribution in [0.2, 0.25) is 0 Å². The van der Waals surface area contributed by atoms with Crippen LogP contribution < -0.4 is 0 Å². The lowest BCUT2D eigenvalue weighted by Gasteiger charge is -2.45. The number of nitrogens with zero attached hydrogens (tertiary/aromatic N) is 1. The molecule has 0 aromatic carbocycles. The fourth-order valence-corrected chi connectivity index (χ4v) is 3.31. The van der Waals surface area contributed by atoms with Crippen molar-refractivity contribution in [1.29, 1.82) is 0 Å². The van der Waals surface area contributed by atoms with Crippen molar-refractivity contribution in [2.75, 3.05) is 0 Å². The molecule has 94 valence electrons. The third kappa shape index (κ3) is 3.29. The van der Waals surface area contributed by atoms with Gasteiger partial charge in [-0.15, -0.1) is 0 Å². The first-order chi connectivity index (χ1) is 7.77. The third-order valence-electron chi connectivity index (χ3n) is 3.18. The van der Waals surface area contributed by atoms with Gasteiger partial charge in [0, 0.05) is 11.6 Å². The van der Waals surface area contributed by atoms with E-state index in [-0.39, 0.29) is 11.2 Å². The maximum atomic E-state index is 6.10. The first-order valence-corrected chi connectivity index (χ1v) is 6.89. The highest BCUT2D eigenvalue weighted by Crippen LogP contribution is 2.42. The maximum absolute atomic E-state index is 6.10. The molecular formula is C14H20BrNO. The van der Waals surface area contributed by atoms with Gasteiger partial charge in [0.25, 0.3) is 0 Å². The van der Waals surface area contributed by atoms with E-state index in [0.717, 1.165) is 17.4 Å². The summed E-state index contributed by atoms with van der Waals surface area (Å²) in [7, 11) is 0. The summed E-state index contributed by atoms with van der Waals surface area (Å²) in [5, 5.41) is 0. The zero-order valence-corrected chi connectivity index (χ0v) is 12.5. The van der Waals surface area contributed by atoms with E-state index >= 15 is 0 Å². The van der Waals surface area contributed by atoms with Crippen LogP contribution >= 0.6 is 15.9 Å². The van der Waals surface area contributed by atoms with Crippen LogP contribution in [0.4, 0.5) is 0 Å². The summed E-state index contributed by atoms with van der Waals surface area (Å²) < 4.78 is 7.02. The molecule has 0 N–H and O–H groups in total. The van der Waals surface area contributed by atoms with Crippen molar-refractivity contribution in [3.63, 3.8) is 0 Å². The molecule has 1 aliphatic rings. The summed E-state index contributed by atoms with van der Waals surface area (Å²) in [6, 6.07) is 6.15. The lowest BCUT2D eigenvalue weighted by Crippen LogP contribution is -2.44. The zero-order chi connectivity index (χ0) is 12.7. The molecule has 0 saturated carbocycles. The van der Waals surface area contributed by atoms with E-state index in [1.54, 1.807) is 0 Å². The van der Waals surface area contributed by atoms with Crippen LogP contribution in [0.3, 0.4) is 0 Å². The van der Waals surface area contributed by atoms with Crippen molar-refractivity contribution in [1.82, 2.24) is 4.98 Å². The van der Waals surface area contributed by atoms with Crippen LogP contribution in [0.1, 0.15) is 52.1 Å². The summed E-state index contributed by atoms with van der Waals surface area (Å²) in [5.41, 5.74) is 1.02. The second kappa shape index (κ2) is 4.36. The molecule has 2 rings (SSSR count). The number of ether oxygens (including phenoxy) is 1. The van der Waals surface area contributed by atoms with Gasteiger partial charge in [0.05, 0.1) is 11.2 Å². The van der Waals surface area contributed by atoms with Crippen molar-refractivity contribution in [3.8, 4) is 0 Å². The lowest BCUT2D eigenvalue weighted by molar-refractivity contribution is -0.162. The first kappa shape index (κ1) is 13.0. The predicted octanol–water partition coefficient (Wildman–Crippen LogP) is 4.30. The van der Waals surface area contributed by atoms with Gasteiger partial charge in [-0.1, -0.05) is 6.07 Å². The minimum atomic E-state index is -0.0730. The summed E-state index contributed by atoms with van der Waals surface area (Å²) >= 11 is 3.44. The number of rotatable bonds is 1. The highest BCUT2D eigenvalue weighted by Gasteiger charge is 2.40. The lowest BCUT2D eigenvalue weighted by atomic mass is 9.79. The molecule has 2 nitrogen and oxygen atoms in total. The van der Waals surface area contributed by atoms with Gasteiger partial charge in [0.1, 0.15) is 4.60 Å². The van der Waals surface area contributed by atoms with Crippen molar-refractivity contribution in [3.05, 3.63) is 28.5 Å². The smallest absolute Gasteiger partial charge is 0.106 e. The van der Waals surface area contributed by atoms with Crippen molar-refractivity contribution in [2.24, 2.45) is 0 Å². The van der Waals surface area contributed by atoms with E-state index in [2.05, 4.69) is 60.7 Å². The monoisotopic (exact) mass is 297 g/mol. The SMILES string of the molecule is CC1(C)CC(c2cccc(Br)n2)CC(C)(C)O1. The molecule has 2 heterocycles. The Morgan fingerprint density at radius 2 is 1.76 bits per heavy atom. The first-order valence-electron chi connectivity index (χ1n) is 6.10. The van der Waals surface area contributed by atoms with E-state index < -0.39 is 0 Å². The Balaban J connectivity index is 2.27. The third-order valence-corrected chi connectivity index (χ3v) is 3.63. The van der Waals surface area contributed by atoms with Gasteiger partial charge < -0.3 is 4.74 Å². The molecule has 0 spiro atoms. The molecule has 1 saturated heterocycles. The van der Waals surface area contributed by atoms with Crippen molar-refractivity contribution < 1.29 is 4.74 Å². The second-order valence-corrected chi connectivity index (χ2v) is 6.92. The molecule has 1 fully saturated rings. The minimum absolute atomic E-state index is 0.0730. The Bertz CT molecular complexity index is 398. The number of hydrogen-bond acceptors (Lipinski definition) is 2. The van der Waals surface area contributed by atoms with Crippen LogP contribution in [0.25, 0.3) is 0 Å². The quantitative estimate of drug-likeness (QED) is 0.721. The molecule has 0 amide bonds. The minimum Gasteiger partial charge on any atom is -0.370 e. The van der Waals surface area contributed by atoms with Crippen molar-refractivity contribution in [2.45, 2.75) is 57.7 Å². The average Bonchev–Trinajstić information content (AvgIpc) is 2.12. The highest BCUT2D eigenvalue weighted by atomic mass is 79.9. The van der Waals surface area contributed by atoms with Crippen LogP contribution in [0.5, 0.6) is 0 Å². The molecular weight excluding hydrogens is 278 g/mol. The van der Waals surface area contributed by atoms with E-state index in [1.165, 1.54) is 5.69 Å². The van der Waals surface area contributed by atoms with Gasteiger partial charge >= 0.3 is 0 Å². The zero-order valence-electron chi connectivity index (χ0n) is 11.0. The Labute approximate surface area is 112 Å². The second-order valence-electron chi connectivity index (χ2n) is 6.11. The summed E-state index contributed by atoms with van der Waals surface area (Å²) in [6.45, 7) is 8.66. The number of pyridine rings is 1. The molecule has 1 aromatic heterocycles. The van der Waals surface area contributed by atoms with Crippen LogP contribution in [0, 0.1) is 0 Å². The molecule has 1 aromatic rings. The van der Waals surface area contributed by atoms with Gasteiger partial charge in [-0.3, -0.25) is 0 Å². The average molecular weight is 298 g/mol. The summed E-state index contributed by atoms with van der Waals surface area (Å²) in [4.78, 5) is 4.59. The van der Waals surface area contributed by atoms with E-state index in [9.17, 15) is 0 Å². The van der Waals surface area contributed by atoms with Gasteiger partial charge in [-0.05, 0) is 68.6 Å². The molecule has 0 aliphatic carbocycles. The molecule has 1 aliphatic heterocycles. The topological polar surface area (TPSA) is 22.1 Å².